The smallest absolute Gasteiger partial charge is 0.233 e. The summed E-state index contributed by atoms with van der Waals surface area (Å²) >= 11 is 1.63. The van der Waals surface area contributed by atoms with E-state index in [4.69, 9.17) is 4.98 Å². The van der Waals surface area contributed by atoms with Crippen molar-refractivity contribution in [1.82, 2.24) is 9.88 Å². The van der Waals surface area contributed by atoms with Gasteiger partial charge in [0.2, 0.25) is 5.91 Å². The van der Waals surface area contributed by atoms with Crippen LogP contribution in [0.3, 0.4) is 0 Å². The Bertz CT molecular complexity index is 938. The lowest BCUT2D eigenvalue weighted by Gasteiger charge is -2.21. The molecule has 0 aliphatic rings. The Balaban J connectivity index is 1.91. The lowest BCUT2D eigenvalue weighted by atomic mass is 10.1. The Hall–Kier alpha value is -2.24. The molecule has 148 valence electrons. The Labute approximate surface area is 171 Å². The normalized spacial score (nSPS) is 11.4. The molecule has 0 fully saturated rings. The molecule has 4 nitrogen and oxygen atoms in total. The molecule has 3 rings (SSSR count). The molecular formula is C23H29N3OS. The Morgan fingerprint density at radius 1 is 1.04 bits per heavy atom. The maximum atomic E-state index is 13.2. The molecule has 0 saturated heterocycles. The van der Waals surface area contributed by atoms with Gasteiger partial charge in [-0.15, -0.1) is 0 Å². The second-order valence-electron chi connectivity index (χ2n) is 7.74. The number of fused-ring (bicyclic) bond motifs is 1. The number of thiazole rings is 1. The van der Waals surface area contributed by atoms with Gasteiger partial charge in [-0.25, -0.2) is 4.98 Å². The van der Waals surface area contributed by atoms with E-state index in [1.54, 1.807) is 11.3 Å². The van der Waals surface area contributed by atoms with Crippen molar-refractivity contribution in [2.24, 2.45) is 0 Å². The molecule has 0 spiro atoms. The third-order valence-corrected chi connectivity index (χ3v) is 6.10. The topological polar surface area (TPSA) is 36.4 Å². The van der Waals surface area contributed by atoms with Crippen LogP contribution in [-0.4, -0.2) is 43.0 Å². The number of carbonyl (C=O) groups excluding carboxylic acids is 1. The molecule has 5 heteroatoms. The number of hydrogen-bond donors (Lipinski definition) is 0. The molecular weight excluding hydrogens is 366 g/mol. The third-order valence-electron chi connectivity index (χ3n) is 4.89. The Morgan fingerprint density at radius 2 is 1.79 bits per heavy atom. The number of nitrogens with zero attached hydrogens (tertiary/aromatic N) is 3. The van der Waals surface area contributed by atoms with Gasteiger partial charge in [-0.05, 0) is 64.5 Å². The highest BCUT2D eigenvalue weighted by atomic mass is 32.1. The predicted molar refractivity (Wildman–Crippen MR) is 120 cm³/mol. The summed E-state index contributed by atoms with van der Waals surface area (Å²) in [4.78, 5) is 22.1. The van der Waals surface area contributed by atoms with Crippen LogP contribution in [0.25, 0.3) is 10.2 Å². The van der Waals surface area contributed by atoms with Crippen LogP contribution < -0.4 is 4.90 Å². The Morgan fingerprint density at radius 3 is 2.46 bits per heavy atom. The molecule has 2 aromatic carbocycles. The summed E-state index contributed by atoms with van der Waals surface area (Å²) in [6.07, 6.45) is 1.32. The molecule has 0 aliphatic carbocycles. The van der Waals surface area contributed by atoms with Gasteiger partial charge in [0.05, 0.1) is 16.6 Å². The number of benzene rings is 2. The van der Waals surface area contributed by atoms with Crippen LogP contribution in [0.4, 0.5) is 5.13 Å². The highest BCUT2D eigenvalue weighted by Gasteiger charge is 2.21. The van der Waals surface area contributed by atoms with E-state index in [1.165, 1.54) is 15.8 Å². The van der Waals surface area contributed by atoms with Gasteiger partial charge >= 0.3 is 0 Å². The maximum Gasteiger partial charge on any atom is 0.233 e. The van der Waals surface area contributed by atoms with Crippen molar-refractivity contribution in [2.45, 2.75) is 33.6 Å². The van der Waals surface area contributed by atoms with Crippen molar-refractivity contribution >= 4 is 32.6 Å². The van der Waals surface area contributed by atoms with Gasteiger partial charge in [-0.1, -0.05) is 53.3 Å². The summed E-state index contributed by atoms with van der Waals surface area (Å²) in [5.74, 6) is 0.110. The number of aromatic nitrogens is 1. The summed E-state index contributed by atoms with van der Waals surface area (Å²) in [6, 6.07) is 12.4. The van der Waals surface area contributed by atoms with E-state index < -0.39 is 0 Å². The molecule has 1 amide bonds. The number of aryl methyl sites for hydroxylation is 3. The first-order valence-electron chi connectivity index (χ1n) is 9.72. The van der Waals surface area contributed by atoms with E-state index in [0.29, 0.717) is 13.0 Å². The van der Waals surface area contributed by atoms with E-state index >= 15 is 0 Å². The summed E-state index contributed by atoms with van der Waals surface area (Å²) in [6.45, 7) is 7.87. The van der Waals surface area contributed by atoms with Crippen molar-refractivity contribution in [3.8, 4) is 0 Å². The lowest BCUT2D eigenvalue weighted by Crippen LogP contribution is -2.34. The zero-order chi connectivity index (χ0) is 20.3. The summed E-state index contributed by atoms with van der Waals surface area (Å²) in [5.41, 5.74) is 5.61. The van der Waals surface area contributed by atoms with Gasteiger partial charge in [0, 0.05) is 6.54 Å². The molecule has 0 aliphatic heterocycles. The van der Waals surface area contributed by atoms with E-state index in [0.717, 1.165) is 34.7 Å². The van der Waals surface area contributed by atoms with Crippen LogP contribution in [-0.2, 0) is 11.2 Å². The van der Waals surface area contributed by atoms with E-state index in [-0.39, 0.29) is 5.91 Å². The van der Waals surface area contributed by atoms with Crippen molar-refractivity contribution in [2.75, 3.05) is 32.1 Å². The minimum absolute atomic E-state index is 0.110. The fourth-order valence-corrected chi connectivity index (χ4v) is 4.48. The molecule has 1 heterocycles. The minimum Gasteiger partial charge on any atom is -0.309 e. The number of amides is 1. The highest BCUT2D eigenvalue weighted by molar-refractivity contribution is 7.22. The standard InChI is InChI=1S/C23H29N3OS/c1-16-8-6-9-19(14-16)15-20(27)26(13-7-12-25(4)5)23-24-21-17(2)10-11-18(3)22(21)28-23/h6,8-11,14H,7,12-13,15H2,1-5H3. The number of carbonyl (C=O) groups is 1. The van der Waals surface area contributed by atoms with Gasteiger partial charge in [0.1, 0.15) is 0 Å². The van der Waals surface area contributed by atoms with Gasteiger partial charge in [-0.3, -0.25) is 9.69 Å². The number of hydrogen-bond acceptors (Lipinski definition) is 4. The van der Waals surface area contributed by atoms with Gasteiger partial charge < -0.3 is 4.90 Å². The van der Waals surface area contributed by atoms with Crippen molar-refractivity contribution < 1.29 is 4.79 Å². The van der Waals surface area contributed by atoms with Crippen molar-refractivity contribution in [1.29, 1.82) is 0 Å². The fourth-order valence-electron chi connectivity index (χ4n) is 3.33. The minimum atomic E-state index is 0.110. The summed E-state index contributed by atoms with van der Waals surface area (Å²) in [5, 5.41) is 0.809. The molecule has 0 saturated carbocycles. The zero-order valence-corrected chi connectivity index (χ0v) is 18.3. The second kappa shape index (κ2) is 8.84. The van der Waals surface area contributed by atoms with Crippen LogP contribution in [0.1, 0.15) is 28.7 Å². The average Bonchev–Trinajstić information content (AvgIpc) is 3.08. The third kappa shape index (κ3) is 4.78. The first kappa shape index (κ1) is 20.5. The number of rotatable bonds is 7. The fraction of sp³-hybridized carbons (Fsp3) is 0.391. The van der Waals surface area contributed by atoms with Crippen LogP contribution in [0, 0.1) is 20.8 Å². The van der Waals surface area contributed by atoms with Crippen LogP contribution in [0.15, 0.2) is 36.4 Å². The molecule has 1 aromatic heterocycles. The molecule has 0 N–H and O–H groups in total. The van der Waals surface area contributed by atoms with Crippen LogP contribution >= 0.6 is 11.3 Å². The Kier molecular flexibility index (Phi) is 6.47. The van der Waals surface area contributed by atoms with Crippen LogP contribution in [0.5, 0.6) is 0 Å². The molecule has 0 atom stereocenters. The first-order chi connectivity index (χ1) is 13.3. The quantitative estimate of drug-likeness (QED) is 0.579. The molecule has 0 unspecified atom stereocenters. The van der Waals surface area contributed by atoms with E-state index in [1.807, 2.05) is 17.0 Å². The second-order valence-corrected chi connectivity index (χ2v) is 8.72. The molecule has 28 heavy (non-hydrogen) atoms. The monoisotopic (exact) mass is 395 g/mol. The number of anilines is 1. The van der Waals surface area contributed by atoms with Gasteiger partial charge in [0.15, 0.2) is 5.13 Å². The average molecular weight is 396 g/mol. The summed E-state index contributed by atoms with van der Waals surface area (Å²) < 4.78 is 1.18. The summed E-state index contributed by atoms with van der Waals surface area (Å²) in [7, 11) is 4.12. The zero-order valence-electron chi connectivity index (χ0n) is 17.5. The maximum absolute atomic E-state index is 13.2. The SMILES string of the molecule is Cc1cccc(CC(=O)N(CCCN(C)C)c2nc3c(C)ccc(C)c3s2)c1. The highest BCUT2D eigenvalue weighted by Crippen LogP contribution is 2.33. The van der Waals surface area contributed by atoms with Gasteiger partial charge in [0.25, 0.3) is 0 Å². The van der Waals surface area contributed by atoms with Crippen LogP contribution in [0.2, 0.25) is 0 Å². The lowest BCUT2D eigenvalue weighted by molar-refractivity contribution is -0.118. The van der Waals surface area contributed by atoms with Gasteiger partial charge in [-0.2, -0.15) is 0 Å². The van der Waals surface area contributed by atoms with Crippen molar-refractivity contribution in [3.05, 3.63) is 58.7 Å². The molecule has 0 radical (unpaired) electrons. The molecule has 0 bridgehead atoms. The predicted octanol–water partition coefficient (Wildman–Crippen LogP) is 4.75. The van der Waals surface area contributed by atoms with E-state index in [9.17, 15) is 4.79 Å². The van der Waals surface area contributed by atoms with Crippen molar-refractivity contribution in [3.63, 3.8) is 0 Å². The molecule has 3 aromatic rings. The first-order valence-corrected chi connectivity index (χ1v) is 10.5. The largest absolute Gasteiger partial charge is 0.309 e. The van der Waals surface area contributed by atoms with E-state index in [2.05, 4.69) is 64.0 Å².